The first-order valence-electron chi connectivity index (χ1n) is 5.72. The van der Waals surface area contributed by atoms with Crippen LogP contribution >= 0.6 is 0 Å². The third kappa shape index (κ3) is 4.61. The molecule has 1 saturated heterocycles. The molecule has 5 nitrogen and oxygen atoms in total. The molecule has 1 rings (SSSR count). The highest BCUT2D eigenvalue weighted by Crippen LogP contribution is 2.04. The molecule has 16 heavy (non-hydrogen) atoms. The standard InChI is InChI=1S/C11H20N2O3/c1-9(12-10(2)14)3-4-11(15)13-5-7-16-8-6-13/h9H,3-8H2,1-2H3,(H,12,14). The molecular weight excluding hydrogens is 208 g/mol. The Morgan fingerprint density at radius 2 is 2.00 bits per heavy atom. The second-order valence-corrected chi connectivity index (χ2v) is 4.13. The summed E-state index contributed by atoms with van der Waals surface area (Å²) in [5, 5.41) is 2.77. The van der Waals surface area contributed by atoms with Gasteiger partial charge in [0.05, 0.1) is 13.2 Å². The van der Waals surface area contributed by atoms with Crippen molar-refractivity contribution in [3.8, 4) is 0 Å². The maximum atomic E-state index is 11.7. The number of morpholine rings is 1. The van der Waals surface area contributed by atoms with Gasteiger partial charge in [0.25, 0.3) is 0 Å². The SMILES string of the molecule is CC(=O)NC(C)CCC(=O)N1CCOCC1. The fourth-order valence-electron chi connectivity index (χ4n) is 1.73. The van der Waals surface area contributed by atoms with Crippen molar-refractivity contribution in [1.82, 2.24) is 10.2 Å². The minimum atomic E-state index is -0.0497. The number of rotatable bonds is 4. The summed E-state index contributed by atoms with van der Waals surface area (Å²) in [6.45, 7) is 6.04. The van der Waals surface area contributed by atoms with Crippen molar-refractivity contribution in [2.45, 2.75) is 32.7 Å². The highest BCUT2D eigenvalue weighted by molar-refractivity contribution is 5.76. The van der Waals surface area contributed by atoms with Gasteiger partial charge in [-0.25, -0.2) is 0 Å². The maximum Gasteiger partial charge on any atom is 0.222 e. The number of nitrogens with one attached hydrogen (secondary N) is 1. The summed E-state index contributed by atoms with van der Waals surface area (Å²) < 4.78 is 5.18. The zero-order valence-corrected chi connectivity index (χ0v) is 9.99. The van der Waals surface area contributed by atoms with E-state index in [1.807, 2.05) is 11.8 Å². The highest BCUT2D eigenvalue weighted by Gasteiger charge is 2.17. The molecule has 0 aliphatic carbocycles. The smallest absolute Gasteiger partial charge is 0.222 e. The molecule has 0 spiro atoms. The molecule has 0 aromatic rings. The van der Waals surface area contributed by atoms with Crippen LogP contribution in [-0.4, -0.2) is 49.1 Å². The Bertz CT molecular complexity index is 250. The lowest BCUT2D eigenvalue weighted by Crippen LogP contribution is -2.41. The zero-order valence-electron chi connectivity index (χ0n) is 9.99. The Morgan fingerprint density at radius 3 is 2.56 bits per heavy atom. The minimum Gasteiger partial charge on any atom is -0.378 e. The fraction of sp³-hybridized carbons (Fsp3) is 0.818. The zero-order chi connectivity index (χ0) is 12.0. The quantitative estimate of drug-likeness (QED) is 0.745. The van der Waals surface area contributed by atoms with Crippen LogP contribution in [0.3, 0.4) is 0 Å². The third-order valence-corrected chi connectivity index (χ3v) is 2.60. The molecule has 0 radical (unpaired) electrons. The molecule has 1 aliphatic heterocycles. The van der Waals surface area contributed by atoms with Gasteiger partial charge in [-0.2, -0.15) is 0 Å². The van der Waals surface area contributed by atoms with Gasteiger partial charge in [0.1, 0.15) is 0 Å². The van der Waals surface area contributed by atoms with Crippen molar-refractivity contribution in [1.29, 1.82) is 0 Å². The van der Waals surface area contributed by atoms with Gasteiger partial charge in [-0.1, -0.05) is 0 Å². The molecule has 0 bridgehead atoms. The topological polar surface area (TPSA) is 58.6 Å². The highest BCUT2D eigenvalue weighted by atomic mass is 16.5. The number of nitrogens with zero attached hydrogens (tertiary/aromatic N) is 1. The van der Waals surface area contributed by atoms with Crippen molar-refractivity contribution in [2.24, 2.45) is 0 Å². The van der Waals surface area contributed by atoms with Gasteiger partial charge in [-0.15, -0.1) is 0 Å². The van der Waals surface area contributed by atoms with Crippen molar-refractivity contribution in [3.63, 3.8) is 0 Å². The fourth-order valence-corrected chi connectivity index (χ4v) is 1.73. The summed E-state index contributed by atoms with van der Waals surface area (Å²) in [4.78, 5) is 24.3. The van der Waals surface area contributed by atoms with Crippen LogP contribution in [0.4, 0.5) is 0 Å². The summed E-state index contributed by atoms with van der Waals surface area (Å²) in [7, 11) is 0. The molecule has 5 heteroatoms. The van der Waals surface area contributed by atoms with Gasteiger partial charge in [0.2, 0.25) is 11.8 Å². The molecular formula is C11H20N2O3. The van der Waals surface area contributed by atoms with Gasteiger partial charge in [0, 0.05) is 32.5 Å². The van der Waals surface area contributed by atoms with Crippen molar-refractivity contribution in [3.05, 3.63) is 0 Å². The second-order valence-electron chi connectivity index (χ2n) is 4.13. The van der Waals surface area contributed by atoms with Crippen LogP contribution in [-0.2, 0) is 14.3 Å². The molecule has 1 fully saturated rings. The van der Waals surface area contributed by atoms with Gasteiger partial charge in [-0.3, -0.25) is 9.59 Å². The van der Waals surface area contributed by atoms with E-state index < -0.39 is 0 Å². The van der Waals surface area contributed by atoms with Gasteiger partial charge in [-0.05, 0) is 13.3 Å². The number of carbonyl (C=O) groups excluding carboxylic acids is 2. The summed E-state index contributed by atoms with van der Waals surface area (Å²) in [5.41, 5.74) is 0. The van der Waals surface area contributed by atoms with Crippen LogP contribution in [0.15, 0.2) is 0 Å². The number of ether oxygens (including phenoxy) is 1. The largest absolute Gasteiger partial charge is 0.378 e. The summed E-state index contributed by atoms with van der Waals surface area (Å²) in [5.74, 6) is 0.104. The first kappa shape index (κ1) is 13.0. The maximum absolute atomic E-state index is 11.7. The second kappa shape index (κ2) is 6.48. The molecule has 1 atom stereocenters. The number of hydrogen-bond acceptors (Lipinski definition) is 3. The normalized spacial score (nSPS) is 18.0. The first-order valence-corrected chi connectivity index (χ1v) is 5.72. The monoisotopic (exact) mass is 228 g/mol. The molecule has 92 valence electrons. The summed E-state index contributed by atoms with van der Waals surface area (Å²) in [6, 6.07) is 0.0579. The van der Waals surface area contributed by atoms with E-state index in [1.165, 1.54) is 6.92 Å². The lowest BCUT2D eigenvalue weighted by molar-refractivity contribution is -0.135. The average molecular weight is 228 g/mol. The van der Waals surface area contributed by atoms with E-state index in [2.05, 4.69) is 5.32 Å². The van der Waals surface area contributed by atoms with Crippen LogP contribution in [0.2, 0.25) is 0 Å². The van der Waals surface area contributed by atoms with Crippen LogP contribution in [0.5, 0.6) is 0 Å². The van der Waals surface area contributed by atoms with Crippen LogP contribution in [0, 0.1) is 0 Å². The Morgan fingerprint density at radius 1 is 1.38 bits per heavy atom. The molecule has 1 aliphatic rings. The molecule has 1 heterocycles. The van der Waals surface area contributed by atoms with Crippen molar-refractivity contribution < 1.29 is 14.3 Å². The first-order chi connectivity index (χ1) is 7.59. The van der Waals surface area contributed by atoms with E-state index in [-0.39, 0.29) is 17.9 Å². The predicted octanol–water partition coefficient (Wildman–Crippen LogP) is 0.150. The van der Waals surface area contributed by atoms with Crippen LogP contribution < -0.4 is 5.32 Å². The average Bonchev–Trinajstić information content (AvgIpc) is 2.26. The molecule has 0 aromatic heterocycles. The molecule has 2 amide bonds. The summed E-state index contributed by atoms with van der Waals surface area (Å²) in [6.07, 6.45) is 1.18. The number of amides is 2. The summed E-state index contributed by atoms with van der Waals surface area (Å²) >= 11 is 0. The van der Waals surface area contributed by atoms with E-state index >= 15 is 0 Å². The van der Waals surface area contributed by atoms with E-state index in [0.29, 0.717) is 39.1 Å². The Balaban J connectivity index is 2.20. The Kier molecular flexibility index (Phi) is 5.25. The van der Waals surface area contributed by atoms with Crippen molar-refractivity contribution in [2.75, 3.05) is 26.3 Å². The lowest BCUT2D eigenvalue weighted by Gasteiger charge is -2.27. The molecule has 1 N–H and O–H groups in total. The number of hydrogen-bond donors (Lipinski definition) is 1. The van der Waals surface area contributed by atoms with Gasteiger partial charge < -0.3 is 15.0 Å². The van der Waals surface area contributed by atoms with E-state index in [4.69, 9.17) is 4.74 Å². The van der Waals surface area contributed by atoms with Crippen molar-refractivity contribution >= 4 is 11.8 Å². The molecule has 0 aromatic carbocycles. The van der Waals surface area contributed by atoms with Crippen LogP contribution in [0.25, 0.3) is 0 Å². The lowest BCUT2D eigenvalue weighted by atomic mass is 10.1. The predicted molar refractivity (Wildman–Crippen MR) is 59.9 cm³/mol. The van der Waals surface area contributed by atoms with Gasteiger partial charge >= 0.3 is 0 Å². The minimum absolute atomic E-state index is 0.0497. The van der Waals surface area contributed by atoms with Gasteiger partial charge in [0.15, 0.2) is 0 Å². The number of carbonyl (C=O) groups is 2. The molecule has 0 saturated carbocycles. The third-order valence-electron chi connectivity index (χ3n) is 2.60. The Labute approximate surface area is 96.1 Å². The molecule has 1 unspecified atom stereocenters. The van der Waals surface area contributed by atoms with Crippen LogP contribution in [0.1, 0.15) is 26.7 Å². The van der Waals surface area contributed by atoms with E-state index in [1.54, 1.807) is 0 Å². The van der Waals surface area contributed by atoms with E-state index in [9.17, 15) is 9.59 Å². The Hall–Kier alpha value is -1.10. The van der Waals surface area contributed by atoms with E-state index in [0.717, 1.165) is 0 Å².